The summed E-state index contributed by atoms with van der Waals surface area (Å²) in [5.41, 5.74) is 1.25. The minimum atomic E-state index is -0.637. The Bertz CT molecular complexity index is 867. The van der Waals surface area contributed by atoms with E-state index in [4.69, 9.17) is 16.3 Å². The third-order valence-electron chi connectivity index (χ3n) is 5.19. The maximum Gasteiger partial charge on any atom is 0.235 e. The SMILES string of the molecule is CCOc1ccc(NC(=O)C2(c3ccccc3Cl)CCCCC2)cc1C#N. The summed E-state index contributed by atoms with van der Waals surface area (Å²) in [6, 6.07) is 14.9. The highest BCUT2D eigenvalue weighted by molar-refractivity contribution is 6.31. The minimum Gasteiger partial charge on any atom is -0.492 e. The molecule has 0 spiro atoms. The first-order valence-corrected chi connectivity index (χ1v) is 9.72. The number of nitrogens with zero attached hydrogens (tertiary/aromatic N) is 1. The van der Waals surface area contributed by atoms with Crippen LogP contribution in [0, 0.1) is 11.3 Å². The average Bonchev–Trinajstić information content (AvgIpc) is 2.70. The Hall–Kier alpha value is -2.51. The Kier molecular flexibility index (Phi) is 6.03. The number of carbonyl (C=O) groups excluding carboxylic acids is 1. The first-order chi connectivity index (χ1) is 13.1. The van der Waals surface area contributed by atoms with Crippen LogP contribution in [0.15, 0.2) is 42.5 Å². The number of rotatable bonds is 5. The van der Waals surface area contributed by atoms with Crippen molar-refractivity contribution in [3.05, 3.63) is 58.6 Å². The normalized spacial score (nSPS) is 15.6. The molecule has 140 valence electrons. The van der Waals surface area contributed by atoms with Crippen LogP contribution in [0.2, 0.25) is 5.02 Å². The minimum absolute atomic E-state index is 0.0663. The molecule has 0 aliphatic heterocycles. The first-order valence-electron chi connectivity index (χ1n) is 9.34. The summed E-state index contributed by atoms with van der Waals surface area (Å²) in [5, 5.41) is 13.0. The van der Waals surface area contributed by atoms with E-state index < -0.39 is 5.41 Å². The van der Waals surface area contributed by atoms with E-state index in [0.29, 0.717) is 28.6 Å². The molecule has 27 heavy (non-hydrogen) atoms. The predicted octanol–water partition coefficient (Wildman–Crippen LogP) is 5.45. The molecule has 0 heterocycles. The van der Waals surface area contributed by atoms with Crippen molar-refractivity contribution >= 4 is 23.2 Å². The number of carbonyl (C=O) groups is 1. The van der Waals surface area contributed by atoms with Crippen molar-refractivity contribution < 1.29 is 9.53 Å². The van der Waals surface area contributed by atoms with E-state index in [1.807, 2.05) is 31.2 Å². The smallest absolute Gasteiger partial charge is 0.235 e. The number of halogens is 1. The second-order valence-electron chi connectivity index (χ2n) is 6.83. The molecular formula is C22H23ClN2O2. The van der Waals surface area contributed by atoms with Crippen LogP contribution in [0.3, 0.4) is 0 Å². The zero-order valence-corrected chi connectivity index (χ0v) is 16.2. The highest BCUT2D eigenvalue weighted by atomic mass is 35.5. The number of hydrogen-bond acceptors (Lipinski definition) is 3. The summed E-state index contributed by atoms with van der Waals surface area (Å²) < 4.78 is 5.46. The predicted molar refractivity (Wildman–Crippen MR) is 107 cm³/mol. The van der Waals surface area contributed by atoms with E-state index in [0.717, 1.165) is 37.7 Å². The van der Waals surface area contributed by atoms with Gasteiger partial charge in [-0.05, 0) is 49.6 Å². The highest BCUT2D eigenvalue weighted by Crippen LogP contribution is 2.43. The Labute approximate surface area is 165 Å². The summed E-state index contributed by atoms with van der Waals surface area (Å²) in [4.78, 5) is 13.4. The number of hydrogen-bond donors (Lipinski definition) is 1. The van der Waals surface area contributed by atoms with Crippen LogP contribution in [-0.4, -0.2) is 12.5 Å². The van der Waals surface area contributed by atoms with Crippen molar-refractivity contribution in [3.63, 3.8) is 0 Å². The van der Waals surface area contributed by atoms with Gasteiger partial charge in [-0.2, -0.15) is 5.26 Å². The number of anilines is 1. The molecule has 4 nitrogen and oxygen atoms in total. The van der Waals surface area contributed by atoms with E-state index >= 15 is 0 Å². The van der Waals surface area contributed by atoms with Gasteiger partial charge in [0, 0.05) is 10.7 Å². The molecule has 3 rings (SSSR count). The van der Waals surface area contributed by atoms with Gasteiger partial charge in [-0.1, -0.05) is 49.1 Å². The molecule has 5 heteroatoms. The molecule has 2 aromatic rings. The van der Waals surface area contributed by atoms with Gasteiger partial charge >= 0.3 is 0 Å². The Morgan fingerprint density at radius 1 is 1.22 bits per heavy atom. The van der Waals surface area contributed by atoms with Crippen molar-refractivity contribution in [1.82, 2.24) is 0 Å². The second-order valence-corrected chi connectivity index (χ2v) is 7.24. The van der Waals surface area contributed by atoms with Crippen LogP contribution in [0.1, 0.15) is 50.2 Å². The molecule has 0 unspecified atom stereocenters. The maximum atomic E-state index is 13.4. The zero-order valence-electron chi connectivity index (χ0n) is 15.4. The quantitative estimate of drug-likeness (QED) is 0.747. The average molecular weight is 383 g/mol. The molecule has 1 aliphatic carbocycles. The molecule has 0 radical (unpaired) electrons. The van der Waals surface area contributed by atoms with Crippen LogP contribution < -0.4 is 10.1 Å². The monoisotopic (exact) mass is 382 g/mol. The number of benzene rings is 2. The molecular weight excluding hydrogens is 360 g/mol. The van der Waals surface area contributed by atoms with Crippen molar-refractivity contribution in [2.75, 3.05) is 11.9 Å². The third kappa shape index (κ3) is 3.94. The van der Waals surface area contributed by atoms with Gasteiger partial charge in [0.15, 0.2) is 0 Å². The molecule has 0 atom stereocenters. The van der Waals surface area contributed by atoms with Gasteiger partial charge in [0.05, 0.1) is 17.6 Å². The molecule has 0 bridgehead atoms. The summed E-state index contributed by atoms with van der Waals surface area (Å²) in [7, 11) is 0. The number of ether oxygens (including phenoxy) is 1. The lowest BCUT2D eigenvalue weighted by Crippen LogP contribution is -2.42. The maximum absolute atomic E-state index is 13.4. The van der Waals surface area contributed by atoms with Crippen molar-refractivity contribution in [1.29, 1.82) is 5.26 Å². The molecule has 2 aromatic carbocycles. The van der Waals surface area contributed by atoms with Crippen LogP contribution in [0.4, 0.5) is 5.69 Å². The zero-order chi connectivity index (χ0) is 19.3. The lowest BCUT2D eigenvalue weighted by Gasteiger charge is -2.37. The Morgan fingerprint density at radius 2 is 1.96 bits per heavy atom. The third-order valence-corrected chi connectivity index (χ3v) is 5.52. The van der Waals surface area contributed by atoms with Gasteiger partial charge in [0.25, 0.3) is 0 Å². The van der Waals surface area contributed by atoms with Gasteiger partial charge in [-0.15, -0.1) is 0 Å². The van der Waals surface area contributed by atoms with E-state index in [-0.39, 0.29) is 5.91 Å². The standard InChI is InChI=1S/C22H23ClN2O2/c1-2-27-20-11-10-17(14-16(20)15-24)25-21(26)22(12-6-3-7-13-22)18-8-4-5-9-19(18)23/h4-5,8-11,14H,2-3,6-7,12-13H2,1H3,(H,25,26). The fourth-order valence-electron chi connectivity index (χ4n) is 3.85. The molecule has 1 aliphatic rings. The van der Waals surface area contributed by atoms with Crippen molar-refractivity contribution in [3.8, 4) is 11.8 Å². The molecule has 0 aromatic heterocycles. The van der Waals surface area contributed by atoms with Crippen molar-refractivity contribution in [2.45, 2.75) is 44.4 Å². The Morgan fingerprint density at radius 3 is 2.63 bits per heavy atom. The van der Waals surface area contributed by atoms with Crippen LogP contribution in [-0.2, 0) is 10.2 Å². The van der Waals surface area contributed by atoms with Gasteiger partial charge in [0.1, 0.15) is 11.8 Å². The number of nitrogens with one attached hydrogen (secondary N) is 1. The van der Waals surface area contributed by atoms with Gasteiger partial charge < -0.3 is 10.1 Å². The second kappa shape index (κ2) is 8.45. The van der Waals surface area contributed by atoms with Crippen LogP contribution >= 0.6 is 11.6 Å². The topological polar surface area (TPSA) is 62.1 Å². The van der Waals surface area contributed by atoms with E-state index in [9.17, 15) is 10.1 Å². The summed E-state index contributed by atoms with van der Waals surface area (Å²) in [5.74, 6) is 0.458. The van der Waals surface area contributed by atoms with E-state index in [1.54, 1.807) is 18.2 Å². The lowest BCUT2D eigenvalue weighted by molar-refractivity contribution is -0.122. The van der Waals surface area contributed by atoms with Crippen LogP contribution in [0.5, 0.6) is 5.75 Å². The number of amides is 1. The fraction of sp³-hybridized carbons (Fsp3) is 0.364. The van der Waals surface area contributed by atoms with Gasteiger partial charge in [-0.3, -0.25) is 4.79 Å². The molecule has 1 N–H and O–H groups in total. The number of nitriles is 1. The lowest BCUT2D eigenvalue weighted by atomic mass is 9.68. The highest BCUT2D eigenvalue weighted by Gasteiger charge is 2.42. The van der Waals surface area contributed by atoms with Crippen LogP contribution in [0.25, 0.3) is 0 Å². The molecule has 0 saturated heterocycles. The molecule has 1 fully saturated rings. The van der Waals surface area contributed by atoms with Gasteiger partial charge in [-0.25, -0.2) is 0 Å². The largest absolute Gasteiger partial charge is 0.492 e. The van der Waals surface area contributed by atoms with E-state index in [1.165, 1.54) is 0 Å². The summed E-state index contributed by atoms with van der Waals surface area (Å²) >= 11 is 6.46. The Balaban J connectivity index is 1.92. The summed E-state index contributed by atoms with van der Waals surface area (Å²) in [6.45, 7) is 2.35. The summed E-state index contributed by atoms with van der Waals surface area (Å²) in [6.07, 6.45) is 4.65. The first kappa shape index (κ1) is 19.3. The van der Waals surface area contributed by atoms with Crippen molar-refractivity contribution in [2.24, 2.45) is 0 Å². The van der Waals surface area contributed by atoms with E-state index in [2.05, 4.69) is 11.4 Å². The molecule has 1 saturated carbocycles. The fourth-order valence-corrected chi connectivity index (χ4v) is 4.17. The van der Waals surface area contributed by atoms with Gasteiger partial charge in [0.2, 0.25) is 5.91 Å². The molecule has 1 amide bonds.